The Morgan fingerprint density at radius 1 is 1.07 bits per heavy atom. The lowest BCUT2D eigenvalue weighted by atomic mass is 10.1. The average molecular weight is 358 g/mol. The molecular weight excluding hydrogens is 340 g/mol. The van der Waals surface area contributed by atoms with Crippen molar-refractivity contribution in [1.82, 2.24) is 24.7 Å². The molecule has 0 aliphatic heterocycles. The number of benzene rings is 1. The Balaban J connectivity index is 1.68. The molecule has 0 spiro atoms. The first-order valence-corrected chi connectivity index (χ1v) is 8.80. The van der Waals surface area contributed by atoms with E-state index in [4.69, 9.17) is 15.6 Å². The Labute approximate surface area is 155 Å². The standard InChI is InChI=1S/C20H18N6O/c1-27-16-10-14(6-7-22-16)18-17-19(21)23-11-24-20(17)26(25-18)15-8-12-4-2-3-5-13(12)9-15/h2-7,10-11,15H,8-9H2,1H3,(H2,21,23,24). The molecular formula is C20H18N6O. The number of rotatable bonds is 3. The molecule has 7 nitrogen and oxygen atoms in total. The molecule has 0 unspecified atom stereocenters. The van der Waals surface area contributed by atoms with E-state index < -0.39 is 0 Å². The van der Waals surface area contributed by atoms with Crippen molar-refractivity contribution in [1.29, 1.82) is 0 Å². The Kier molecular flexibility index (Phi) is 3.53. The van der Waals surface area contributed by atoms with Gasteiger partial charge < -0.3 is 10.5 Å². The number of methoxy groups -OCH3 is 1. The Morgan fingerprint density at radius 3 is 2.59 bits per heavy atom. The maximum Gasteiger partial charge on any atom is 0.213 e. The van der Waals surface area contributed by atoms with Crippen molar-refractivity contribution in [2.24, 2.45) is 0 Å². The summed E-state index contributed by atoms with van der Waals surface area (Å²) < 4.78 is 7.25. The highest BCUT2D eigenvalue weighted by Crippen LogP contribution is 2.36. The zero-order valence-electron chi connectivity index (χ0n) is 14.8. The summed E-state index contributed by atoms with van der Waals surface area (Å²) in [5, 5.41) is 5.68. The number of nitrogens with two attached hydrogens (primary N) is 1. The molecule has 3 aromatic heterocycles. The molecule has 4 aromatic rings. The van der Waals surface area contributed by atoms with Gasteiger partial charge in [-0.2, -0.15) is 5.10 Å². The van der Waals surface area contributed by atoms with E-state index in [0.29, 0.717) is 11.7 Å². The predicted octanol–water partition coefficient (Wildman–Crippen LogP) is 2.82. The molecule has 0 saturated carbocycles. The van der Waals surface area contributed by atoms with E-state index in [1.165, 1.54) is 17.5 Å². The summed E-state index contributed by atoms with van der Waals surface area (Å²) >= 11 is 0. The topological polar surface area (TPSA) is 91.7 Å². The summed E-state index contributed by atoms with van der Waals surface area (Å²) in [6, 6.07) is 12.5. The number of aromatic nitrogens is 5. The van der Waals surface area contributed by atoms with Crippen molar-refractivity contribution in [2.45, 2.75) is 18.9 Å². The smallest absolute Gasteiger partial charge is 0.213 e. The van der Waals surface area contributed by atoms with Crippen LogP contribution >= 0.6 is 0 Å². The molecule has 1 aliphatic rings. The van der Waals surface area contributed by atoms with Gasteiger partial charge in [-0.15, -0.1) is 0 Å². The van der Waals surface area contributed by atoms with Crippen molar-refractivity contribution < 1.29 is 4.74 Å². The van der Waals surface area contributed by atoms with Crippen LogP contribution in [0.3, 0.4) is 0 Å². The second-order valence-corrected chi connectivity index (χ2v) is 6.67. The number of hydrogen-bond acceptors (Lipinski definition) is 6. The summed E-state index contributed by atoms with van der Waals surface area (Å²) in [5.74, 6) is 0.950. The van der Waals surface area contributed by atoms with Gasteiger partial charge in [-0.1, -0.05) is 24.3 Å². The molecule has 0 radical (unpaired) electrons. The number of fused-ring (bicyclic) bond motifs is 2. The summed E-state index contributed by atoms with van der Waals surface area (Å²) in [6.45, 7) is 0. The van der Waals surface area contributed by atoms with Crippen molar-refractivity contribution in [2.75, 3.05) is 12.8 Å². The number of nitrogens with zero attached hydrogens (tertiary/aromatic N) is 5. The van der Waals surface area contributed by atoms with Gasteiger partial charge in [0.05, 0.1) is 18.5 Å². The van der Waals surface area contributed by atoms with Crippen LogP contribution in [0.25, 0.3) is 22.3 Å². The van der Waals surface area contributed by atoms with Crippen molar-refractivity contribution in [3.63, 3.8) is 0 Å². The minimum absolute atomic E-state index is 0.205. The van der Waals surface area contributed by atoms with Crippen LogP contribution in [0.15, 0.2) is 48.9 Å². The van der Waals surface area contributed by atoms with Crippen LogP contribution in [-0.2, 0) is 12.8 Å². The fourth-order valence-electron chi connectivity index (χ4n) is 3.83. The van der Waals surface area contributed by atoms with Gasteiger partial charge in [-0.25, -0.2) is 19.6 Å². The van der Waals surface area contributed by atoms with E-state index >= 15 is 0 Å². The van der Waals surface area contributed by atoms with E-state index in [-0.39, 0.29) is 6.04 Å². The minimum atomic E-state index is 0.205. The monoisotopic (exact) mass is 358 g/mol. The van der Waals surface area contributed by atoms with Gasteiger partial charge in [0.2, 0.25) is 5.88 Å². The highest BCUT2D eigenvalue weighted by atomic mass is 16.5. The normalized spacial score (nSPS) is 13.8. The lowest BCUT2D eigenvalue weighted by molar-refractivity contribution is 0.398. The Morgan fingerprint density at radius 2 is 1.85 bits per heavy atom. The summed E-state index contributed by atoms with van der Waals surface area (Å²) in [6.07, 6.45) is 5.05. The molecule has 3 heterocycles. The van der Waals surface area contributed by atoms with E-state index in [0.717, 1.165) is 35.1 Å². The molecule has 27 heavy (non-hydrogen) atoms. The predicted molar refractivity (Wildman–Crippen MR) is 102 cm³/mol. The zero-order valence-corrected chi connectivity index (χ0v) is 14.8. The number of pyridine rings is 1. The number of hydrogen-bond donors (Lipinski definition) is 1. The fourth-order valence-corrected chi connectivity index (χ4v) is 3.83. The van der Waals surface area contributed by atoms with E-state index in [1.54, 1.807) is 13.3 Å². The molecule has 0 bridgehead atoms. The lowest BCUT2D eigenvalue weighted by Crippen LogP contribution is -2.11. The van der Waals surface area contributed by atoms with Crippen molar-refractivity contribution in [3.8, 4) is 17.1 Å². The van der Waals surface area contributed by atoms with Crippen LogP contribution in [-0.4, -0.2) is 31.8 Å². The van der Waals surface area contributed by atoms with E-state index in [9.17, 15) is 0 Å². The minimum Gasteiger partial charge on any atom is -0.481 e. The van der Waals surface area contributed by atoms with Gasteiger partial charge in [-0.05, 0) is 30.0 Å². The first-order chi connectivity index (χ1) is 13.2. The third-order valence-electron chi connectivity index (χ3n) is 5.11. The maximum absolute atomic E-state index is 6.21. The van der Waals surface area contributed by atoms with Crippen molar-refractivity contribution in [3.05, 3.63) is 60.0 Å². The van der Waals surface area contributed by atoms with Crippen LogP contribution in [0.2, 0.25) is 0 Å². The largest absolute Gasteiger partial charge is 0.481 e. The van der Waals surface area contributed by atoms with Gasteiger partial charge in [0.15, 0.2) is 5.65 Å². The molecule has 1 aliphatic carbocycles. The molecule has 0 amide bonds. The average Bonchev–Trinajstić information content (AvgIpc) is 3.30. The molecule has 5 rings (SSSR count). The fraction of sp³-hybridized carbons (Fsp3) is 0.200. The molecule has 0 fully saturated rings. The number of anilines is 1. The second kappa shape index (κ2) is 6.05. The first-order valence-electron chi connectivity index (χ1n) is 8.80. The van der Waals surface area contributed by atoms with Gasteiger partial charge in [0, 0.05) is 17.8 Å². The molecule has 134 valence electrons. The third-order valence-corrected chi connectivity index (χ3v) is 5.11. The van der Waals surface area contributed by atoms with Crippen LogP contribution < -0.4 is 10.5 Å². The Bertz CT molecular complexity index is 1130. The zero-order chi connectivity index (χ0) is 18.4. The van der Waals surface area contributed by atoms with Crippen LogP contribution in [0, 0.1) is 0 Å². The van der Waals surface area contributed by atoms with Crippen LogP contribution in [0.5, 0.6) is 5.88 Å². The first kappa shape index (κ1) is 15.7. The molecule has 2 N–H and O–H groups in total. The summed E-state index contributed by atoms with van der Waals surface area (Å²) in [5.41, 5.74) is 11.3. The number of ether oxygens (including phenoxy) is 1. The van der Waals surface area contributed by atoms with Crippen molar-refractivity contribution >= 4 is 16.9 Å². The molecule has 7 heteroatoms. The maximum atomic E-state index is 6.21. The highest BCUT2D eigenvalue weighted by Gasteiger charge is 2.27. The van der Waals surface area contributed by atoms with Gasteiger partial charge >= 0.3 is 0 Å². The van der Waals surface area contributed by atoms with Gasteiger partial charge in [0.1, 0.15) is 17.8 Å². The van der Waals surface area contributed by atoms with Crippen LogP contribution in [0.1, 0.15) is 17.2 Å². The van der Waals surface area contributed by atoms with Gasteiger partial charge in [0.25, 0.3) is 0 Å². The lowest BCUT2D eigenvalue weighted by Gasteiger charge is -2.10. The Hall–Kier alpha value is -3.48. The second-order valence-electron chi connectivity index (χ2n) is 6.67. The molecule has 1 aromatic carbocycles. The molecule has 0 atom stereocenters. The summed E-state index contributed by atoms with van der Waals surface area (Å²) in [7, 11) is 1.59. The quantitative estimate of drug-likeness (QED) is 0.605. The van der Waals surface area contributed by atoms with Gasteiger partial charge in [-0.3, -0.25) is 0 Å². The summed E-state index contributed by atoms with van der Waals surface area (Å²) in [4.78, 5) is 12.9. The number of nitrogen functional groups attached to an aromatic ring is 1. The van der Waals surface area contributed by atoms with E-state index in [1.807, 2.05) is 16.8 Å². The van der Waals surface area contributed by atoms with E-state index in [2.05, 4.69) is 39.2 Å². The molecule has 0 saturated heterocycles. The van der Waals surface area contributed by atoms with Crippen LogP contribution in [0.4, 0.5) is 5.82 Å². The third kappa shape index (κ3) is 2.51. The SMILES string of the molecule is COc1cc(-c2nn(C3Cc4ccccc4C3)c3ncnc(N)c23)ccn1. The highest BCUT2D eigenvalue weighted by molar-refractivity contribution is 5.98.